The number of hydrogen-bond donors (Lipinski definition) is 2. The molecule has 3 rings (SSSR count). The largest absolute Gasteiger partial charge is 0.321 e. The number of benzene rings is 3. The zero-order chi connectivity index (χ0) is 23.5. The summed E-state index contributed by atoms with van der Waals surface area (Å²) in [5, 5.41) is 3.04. The van der Waals surface area contributed by atoms with Crippen molar-refractivity contribution in [1.29, 1.82) is 0 Å². The lowest BCUT2D eigenvalue weighted by molar-refractivity contribution is 0.102. The number of halogens is 1. The Morgan fingerprint density at radius 2 is 1.34 bits per heavy atom. The Morgan fingerprint density at radius 1 is 0.812 bits per heavy atom. The molecule has 0 fully saturated rings. The Kier molecular flexibility index (Phi) is 6.99. The van der Waals surface area contributed by atoms with Crippen molar-refractivity contribution < 1.29 is 17.6 Å². The van der Waals surface area contributed by atoms with Crippen LogP contribution in [0.5, 0.6) is 0 Å². The van der Waals surface area contributed by atoms with E-state index in [2.05, 4.69) is 37.7 Å². The van der Waals surface area contributed by atoms with E-state index in [0.29, 0.717) is 11.3 Å². The Bertz CT molecular complexity index is 1180. The van der Waals surface area contributed by atoms with Gasteiger partial charge in [-0.3, -0.25) is 9.52 Å². The first kappa shape index (κ1) is 23.5. The third kappa shape index (κ3) is 5.34. The number of rotatable bonds is 7. The van der Waals surface area contributed by atoms with Gasteiger partial charge >= 0.3 is 0 Å². The number of carbonyl (C=O) groups is 1. The van der Waals surface area contributed by atoms with E-state index in [-0.39, 0.29) is 22.6 Å². The number of hydrogen-bond acceptors (Lipinski definition) is 3. The van der Waals surface area contributed by atoms with Gasteiger partial charge in [-0.15, -0.1) is 0 Å². The monoisotopic (exact) mass is 454 g/mol. The van der Waals surface area contributed by atoms with Crippen molar-refractivity contribution in [3.05, 3.63) is 89.2 Å². The summed E-state index contributed by atoms with van der Waals surface area (Å²) < 4.78 is 40.4. The van der Waals surface area contributed by atoms with Gasteiger partial charge in [-0.05, 0) is 71.5 Å². The topological polar surface area (TPSA) is 75.3 Å². The summed E-state index contributed by atoms with van der Waals surface area (Å²) in [4.78, 5) is 12.9. The molecule has 5 nitrogen and oxygen atoms in total. The first-order valence-electron chi connectivity index (χ1n) is 10.4. The molecule has 7 heteroatoms. The van der Waals surface area contributed by atoms with E-state index in [4.69, 9.17) is 0 Å². The van der Waals surface area contributed by atoms with Crippen molar-refractivity contribution in [3.63, 3.8) is 0 Å². The molecule has 1 amide bonds. The van der Waals surface area contributed by atoms with Crippen LogP contribution in [0.4, 0.5) is 15.8 Å². The highest BCUT2D eigenvalue weighted by Crippen LogP contribution is 2.32. The van der Waals surface area contributed by atoms with Crippen LogP contribution in [0.3, 0.4) is 0 Å². The Balaban J connectivity index is 1.80. The van der Waals surface area contributed by atoms with Gasteiger partial charge in [0, 0.05) is 16.9 Å². The molecule has 0 aliphatic carbocycles. The number of amides is 1. The quantitative estimate of drug-likeness (QED) is 0.451. The molecular formula is C25H27FN2O3S. The zero-order valence-electron chi connectivity index (χ0n) is 18.5. The Labute approximate surface area is 188 Å². The number of carbonyl (C=O) groups excluding carboxylic acids is 1. The average molecular weight is 455 g/mol. The molecule has 3 aromatic carbocycles. The molecule has 0 aromatic heterocycles. The predicted octanol–water partition coefficient (Wildman–Crippen LogP) is 6.13. The van der Waals surface area contributed by atoms with E-state index in [9.17, 15) is 17.6 Å². The Hall–Kier alpha value is -3.19. The molecule has 0 bridgehead atoms. The minimum atomic E-state index is -3.86. The van der Waals surface area contributed by atoms with Crippen LogP contribution in [-0.4, -0.2) is 14.3 Å². The van der Waals surface area contributed by atoms with Gasteiger partial charge in [0.2, 0.25) is 0 Å². The lowest BCUT2D eigenvalue weighted by Crippen LogP contribution is -2.16. The second-order valence-electron chi connectivity index (χ2n) is 8.21. The van der Waals surface area contributed by atoms with Crippen molar-refractivity contribution in [2.24, 2.45) is 0 Å². The third-order valence-corrected chi connectivity index (χ3v) is 6.53. The molecule has 0 atom stereocenters. The smallest absolute Gasteiger partial charge is 0.261 e. The van der Waals surface area contributed by atoms with Gasteiger partial charge in [-0.25, -0.2) is 12.8 Å². The molecule has 0 saturated carbocycles. The molecule has 3 aromatic rings. The van der Waals surface area contributed by atoms with Crippen LogP contribution in [0.2, 0.25) is 0 Å². The molecule has 168 valence electrons. The lowest BCUT2D eigenvalue weighted by atomic mass is 9.92. The summed E-state index contributed by atoms with van der Waals surface area (Å²) in [6.45, 7) is 8.32. The van der Waals surface area contributed by atoms with Crippen molar-refractivity contribution in [2.75, 3.05) is 10.0 Å². The van der Waals surface area contributed by atoms with E-state index in [1.807, 2.05) is 18.2 Å². The predicted molar refractivity (Wildman–Crippen MR) is 126 cm³/mol. The molecule has 0 saturated heterocycles. The van der Waals surface area contributed by atoms with Crippen LogP contribution in [0, 0.1) is 5.82 Å². The van der Waals surface area contributed by atoms with E-state index in [1.165, 1.54) is 24.3 Å². The van der Waals surface area contributed by atoms with E-state index in [1.54, 1.807) is 12.1 Å². The summed E-state index contributed by atoms with van der Waals surface area (Å²) >= 11 is 0. The molecule has 32 heavy (non-hydrogen) atoms. The first-order valence-corrected chi connectivity index (χ1v) is 11.9. The molecule has 0 heterocycles. The highest BCUT2D eigenvalue weighted by atomic mass is 32.2. The normalized spacial score (nSPS) is 11.6. The number of nitrogens with one attached hydrogen (secondary N) is 2. The molecule has 0 aliphatic heterocycles. The second kappa shape index (κ2) is 9.53. The van der Waals surface area contributed by atoms with Gasteiger partial charge in [-0.2, -0.15) is 0 Å². The Morgan fingerprint density at radius 3 is 1.84 bits per heavy atom. The van der Waals surface area contributed by atoms with E-state index >= 15 is 0 Å². The average Bonchev–Trinajstić information content (AvgIpc) is 2.74. The summed E-state index contributed by atoms with van der Waals surface area (Å²) in [6, 6.07) is 16.7. The molecule has 2 N–H and O–H groups in total. The zero-order valence-corrected chi connectivity index (χ0v) is 19.3. The minimum absolute atomic E-state index is 0.0489. The number of para-hydroxylation sites is 1. The molecule has 0 radical (unpaired) electrons. The molecule has 0 spiro atoms. The number of sulfonamides is 1. The maximum Gasteiger partial charge on any atom is 0.261 e. The summed E-state index contributed by atoms with van der Waals surface area (Å²) in [6.07, 6.45) is 0. The van der Waals surface area contributed by atoms with Gasteiger partial charge in [0.25, 0.3) is 15.9 Å². The van der Waals surface area contributed by atoms with Crippen LogP contribution in [0.25, 0.3) is 0 Å². The van der Waals surface area contributed by atoms with E-state index in [0.717, 1.165) is 28.9 Å². The fraction of sp³-hybridized carbons (Fsp3) is 0.240. The molecule has 0 unspecified atom stereocenters. The third-order valence-electron chi connectivity index (χ3n) is 5.13. The fourth-order valence-electron chi connectivity index (χ4n) is 3.40. The highest BCUT2D eigenvalue weighted by molar-refractivity contribution is 7.92. The van der Waals surface area contributed by atoms with Gasteiger partial charge in [-0.1, -0.05) is 45.9 Å². The van der Waals surface area contributed by atoms with Gasteiger partial charge < -0.3 is 5.32 Å². The lowest BCUT2D eigenvalue weighted by Gasteiger charge is -2.20. The van der Waals surface area contributed by atoms with Crippen molar-refractivity contribution in [3.8, 4) is 0 Å². The van der Waals surface area contributed by atoms with Crippen LogP contribution in [0.15, 0.2) is 71.6 Å². The fourth-order valence-corrected chi connectivity index (χ4v) is 4.46. The minimum Gasteiger partial charge on any atom is -0.321 e. The first-order chi connectivity index (χ1) is 15.1. The standard InChI is InChI=1S/C25H27FN2O3S/c1-16(2)22-6-5-7-23(17(3)4)24(22)27-25(29)18-8-12-20(13-9-18)28-32(30,31)21-14-10-19(26)11-15-21/h5-17,28H,1-4H3,(H,27,29). The molecular weight excluding hydrogens is 427 g/mol. The molecule has 0 aliphatic rings. The van der Waals surface area contributed by atoms with Crippen molar-refractivity contribution in [2.45, 2.75) is 44.4 Å². The summed E-state index contributed by atoms with van der Waals surface area (Å²) in [5.74, 6) is -0.300. The summed E-state index contributed by atoms with van der Waals surface area (Å²) in [7, 11) is -3.86. The van der Waals surface area contributed by atoms with Crippen LogP contribution >= 0.6 is 0 Å². The van der Waals surface area contributed by atoms with Gasteiger partial charge in [0.1, 0.15) is 5.82 Å². The SMILES string of the molecule is CC(C)c1cccc(C(C)C)c1NC(=O)c1ccc(NS(=O)(=O)c2ccc(F)cc2)cc1. The maximum atomic E-state index is 13.1. The maximum absolute atomic E-state index is 13.1. The van der Waals surface area contributed by atoms with Crippen molar-refractivity contribution in [1.82, 2.24) is 0 Å². The van der Waals surface area contributed by atoms with Crippen molar-refractivity contribution >= 4 is 27.3 Å². The van der Waals surface area contributed by atoms with E-state index < -0.39 is 15.8 Å². The number of anilines is 2. The van der Waals surface area contributed by atoms with Crippen LogP contribution in [-0.2, 0) is 10.0 Å². The second-order valence-corrected chi connectivity index (χ2v) is 9.89. The van der Waals surface area contributed by atoms with Gasteiger partial charge in [0.05, 0.1) is 4.90 Å². The van der Waals surface area contributed by atoms with Crippen LogP contribution < -0.4 is 10.0 Å². The highest BCUT2D eigenvalue weighted by Gasteiger charge is 2.18. The summed E-state index contributed by atoms with van der Waals surface area (Å²) in [5.41, 5.74) is 3.66. The van der Waals surface area contributed by atoms with Gasteiger partial charge in [0.15, 0.2) is 0 Å². The van der Waals surface area contributed by atoms with Crippen LogP contribution in [0.1, 0.15) is 61.0 Å².